The van der Waals surface area contributed by atoms with Crippen molar-refractivity contribution in [2.45, 2.75) is 20.0 Å². The number of methoxy groups -OCH3 is 1. The topological polar surface area (TPSA) is 43.4 Å². The number of ether oxygens (including phenoxy) is 2. The molecule has 0 saturated carbocycles. The Morgan fingerprint density at radius 2 is 2.27 bits per heavy atom. The van der Waals surface area contributed by atoms with Gasteiger partial charge in [-0.3, -0.25) is 0 Å². The van der Waals surface area contributed by atoms with Gasteiger partial charge in [0.2, 0.25) is 0 Å². The highest BCUT2D eigenvalue weighted by Gasteiger charge is 2.04. The van der Waals surface area contributed by atoms with E-state index in [1.165, 1.54) is 0 Å². The Labute approximate surface area is 90.6 Å². The number of hydrogen-bond donors (Lipinski definition) is 1. The van der Waals surface area contributed by atoms with Gasteiger partial charge in [0.15, 0.2) is 11.6 Å². The van der Waals surface area contributed by atoms with Gasteiger partial charge in [-0.15, -0.1) is 0 Å². The van der Waals surface area contributed by atoms with Crippen molar-refractivity contribution in [1.29, 1.82) is 0 Å². The first-order chi connectivity index (χ1) is 7.24. The molecule has 0 aliphatic carbocycles. The number of nitrogens with zero attached hydrogens (tertiary/aromatic N) is 1. The summed E-state index contributed by atoms with van der Waals surface area (Å²) in [5.74, 6) is 1.55. The lowest BCUT2D eigenvalue weighted by atomic mass is 10.4. The molecule has 1 aromatic rings. The third kappa shape index (κ3) is 4.16. The first kappa shape index (κ1) is 11.8. The maximum atomic E-state index is 5.61. The first-order valence-corrected chi connectivity index (χ1v) is 5.08. The van der Waals surface area contributed by atoms with Crippen LogP contribution in [0.5, 0.6) is 5.75 Å². The molecule has 0 radical (unpaired) electrons. The average Bonchev–Trinajstić information content (AvgIpc) is 2.20. The van der Waals surface area contributed by atoms with Crippen molar-refractivity contribution >= 4 is 5.82 Å². The van der Waals surface area contributed by atoms with Crippen LogP contribution < -0.4 is 10.1 Å². The zero-order valence-electron chi connectivity index (χ0n) is 9.49. The molecule has 84 valence electrons. The number of aromatic nitrogens is 1. The van der Waals surface area contributed by atoms with Crippen molar-refractivity contribution in [2.75, 3.05) is 25.6 Å². The molecular weight excluding hydrogens is 192 g/mol. The smallest absolute Gasteiger partial charge is 0.168 e. The highest BCUT2D eigenvalue weighted by atomic mass is 16.5. The van der Waals surface area contributed by atoms with Crippen LogP contribution in [0.15, 0.2) is 18.3 Å². The van der Waals surface area contributed by atoms with Crippen LogP contribution in [0.1, 0.15) is 13.8 Å². The van der Waals surface area contributed by atoms with Gasteiger partial charge in [0.25, 0.3) is 0 Å². The molecule has 1 aromatic heterocycles. The highest BCUT2D eigenvalue weighted by Crippen LogP contribution is 2.21. The van der Waals surface area contributed by atoms with Crippen molar-refractivity contribution < 1.29 is 9.47 Å². The van der Waals surface area contributed by atoms with E-state index in [4.69, 9.17) is 9.47 Å². The summed E-state index contributed by atoms with van der Waals surface area (Å²) in [4.78, 5) is 4.21. The number of pyridine rings is 1. The number of rotatable bonds is 6. The molecule has 0 amide bonds. The summed E-state index contributed by atoms with van der Waals surface area (Å²) < 4.78 is 10.6. The summed E-state index contributed by atoms with van der Waals surface area (Å²) in [5.41, 5.74) is 0. The van der Waals surface area contributed by atoms with E-state index >= 15 is 0 Å². The van der Waals surface area contributed by atoms with Crippen molar-refractivity contribution in [1.82, 2.24) is 4.98 Å². The summed E-state index contributed by atoms with van der Waals surface area (Å²) in [6.07, 6.45) is 1.89. The number of nitrogens with one attached hydrogen (secondary N) is 1. The molecule has 0 aromatic carbocycles. The second-order valence-electron chi connectivity index (χ2n) is 3.44. The standard InChI is InChI=1S/C11H18N2O2/c1-9(2)15-10-5-4-6-12-11(10)13-7-8-14-3/h4-6,9H,7-8H2,1-3H3,(H,12,13). The minimum Gasteiger partial charge on any atom is -0.487 e. The Hall–Kier alpha value is -1.29. The van der Waals surface area contributed by atoms with Gasteiger partial charge in [-0.2, -0.15) is 0 Å². The number of anilines is 1. The first-order valence-electron chi connectivity index (χ1n) is 5.08. The third-order valence-electron chi connectivity index (χ3n) is 1.73. The van der Waals surface area contributed by atoms with E-state index in [2.05, 4.69) is 10.3 Å². The molecule has 1 heterocycles. The Morgan fingerprint density at radius 3 is 2.93 bits per heavy atom. The van der Waals surface area contributed by atoms with E-state index in [0.29, 0.717) is 6.61 Å². The highest BCUT2D eigenvalue weighted by molar-refractivity contribution is 5.49. The lowest BCUT2D eigenvalue weighted by Crippen LogP contribution is -2.12. The fourth-order valence-electron chi connectivity index (χ4n) is 1.14. The molecule has 0 atom stereocenters. The van der Waals surface area contributed by atoms with Crippen LogP contribution in [-0.2, 0) is 4.74 Å². The lowest BCUT2D eigenvalue weighted by Gasteiger charge is -2.13. The van der Waals surface area contributed by atoms with Gasteiger partial charge >= 0.3 is 0 Å². The van der Waals surface area contributed by atoms with Crippen LogP contribution in [0.4, 0.5) is 5.82 Å². The van der Waals surface area contributed by atoms with Gasteiger partial charge in [0.05, 0.1) is 12.7 Å². The second kappa shape index (κ2) is 6.24. The molecule has 0 aliphatic rings. The van der Waals surface area contributed by atoms with Crippen LogP contribution in [0.25, 0.3) is 0 Å². The van der Waals surface area contributed by atoms with E-state index < -0.39 is 0 Å². The van der Waals surface area contributed by atoms with Crippen molar-refractivity contribution in [3.8, 4) is 5.75 Å². The molecule has 4 nitrogen and oxygen atoms in total. The zero-order valence-corrected chi connectivity index (χ0v) is 9.49. The Morgan fingerprint density at radius 1 is 1.47 bits per heavy atom. The molecule has 15 heavy (non-hydrogen) atoms. The Balaban J connectivity index is 2.60. The summed E-state index contributed by atoms with van der Waals surface area (Å²) in [6.45, 7) is 5.36. The SMILES string of the molecule is COCCNc1ncccc1OC(C)C. The zero-order chi connectivity index (χ0) is 11.1. The van der Waals surface area contributed by atoms with E-state index in [9.17, 15) is 0 Å². The predicted octanol–water partition coefficient (Wildman–Crippen LogP) is 1.93. The van der Waals surface area contributed by atoms with Crippen molar-refractivity contribution in [3.63, 3.8) is 0 Å². The molecule has 4 heteroatoms. The maximum Gasteiger partial charge on any atom is 0.168 e. The number of hydrogen-bond acceptors (Lipinski definition) is 4. The van der Waals surface area contributed by atoms with Crippen LogP contribution in [0, 0.1) is 0 Å². The minimum atomic E-state index is 0.150. The van der Waals surface area contributed by atoms with Crippen LogP contribution in [0.2, 0.25) is 0 Å². The minimum absolute atomic E-state index is 0.150. The summed E-state index contributed by atoms with van der Waals surface area (Å²) in [5, 5.41) is 3.16. The monoisotopic (exact) mass is 210 g/mol. The molecule has 0 aliphatic heterocycles. The van der Waals surface area contributed by atoms with E-state index in [1.807, 2.05) is 26.0 Å². The third-order valence-corrected chi connectivity index (χ3v) is 1.73. The van der Waals surface area contributed by atoms with Gasteiger partial charge in [-0.25, -0.2) is 4.98 Å². The van der Waals surface area contributed by atoms with E-state index in [0.717, 1.165) is 18.1 Å². The maximum absolute atomic E-state index is 5.61. The molecule has 1 N–H and O–H groups in total. The Bertz CT molecular complexity index is 290. The van der Waals surface area contributed by atoms with Gasteiger partial charge in [0, 0.05) is 19.9 Å². The molecular formula is C11H18N2O2. The molecule has 0 unspecified atom stereocenters. The largest absolute Gasteiger partial charge is 0.487 e. The molecule has 0 bridgehead atoms. The molecule has 0 saturated heterocycles. The van der Waals surface area contributed by atoms with Crippen LogP contribution in [-0.4, -0.2) is 31.3 Å². The molecule has 0 fully saturated rings. The van der Waals surface area contributed by atoms with Crippen molar-refractivity contribution in [3.05, 3.63) is 18.3 Å². The van der Waals surface area contributed by atoms with Gasteiger partial charge in [0.1, 0.15) is 0 Å². The fraction of sp³-hybridized carbons (Fsp3) is 0.545. The van der Waals surface area contributed by atoms with Crippen LogP contribution in [0.3, 0.4) is 0 Å². The van der Waals surface area contributed by atoms with Crippen molar-refractivity contribution in [2.24, 2.45) is 0 Å². The van der Waals surface area contributed by atoms with E-state index in [1.54, 1.807) is 13.3 Å². The van der Waals surface area contributed by atoms with Gasteiger partial charge in [-0.1, -0.05) is 0 Å². The fourth-order valence-corrected chi connectivity index (χ4v) is 1.14. The van der Waals surface area contributed by atoms with Crippen LogP contribution >= 0.6 is 0 Å². The summed E-state index contributed by atoms with van der Waals surface area (Å²) in [7, 11) is 1.67. The second-order valence-corrected chi connectivity index (χ2v) is 3.44. The normalized spacial score (nSPS) is 10.4. The summed E-state index contributed by atoms with van der Waals surface area (Å²) in [6, 6.07) is 3.77. The lowest BCUT2D eigenvalue weighted by molar-refractivity contribution is 0.210. The van der Waals surface area contributed by atoms with Gasteiger partial charge < -0.3 is 14.8 Å². The predicted molar refractivity (Wildman–Crippen MR) is 60.4 cm³/mol. The average molecular weight is 210 g/mol. The summed E-state index contributed by atoms with van der Waals surface area (Å²) >= 11 is 0. The Kier molecular flexibility index (Phi) is 4.90. The molecule has 0 spiro atoms. The molecule has 1 rings (SSSR count). The van der Waals surface area contributed by atoms with E-state index in [-0.39, 0.29) is 6.10 Å². The van der Waals surface area contributed by atoms with Gasteiger partial charge in [-0.05, 0) is 26.0 Å². The quantitative estimate of drug-likeness (QED) is 0.728.